The van der Waals surface area contributed by atoms with E-state index in [0.717, 1.165) is 23.9 Å². The van der Waals surface area contributed by atoms with Crippen LogP contribution in [0.1, 0.15) is 53.9 Å². The van der Waals surface area contributed by atoms with Gasteiger partial charge in [-0.2, -0.15) is 0 Å². The Morgan fingerprint density at radius 3 is 2.06 bits per heavy atom. The maximum Gasteiger partial charge on any atom is 0.498 e. The zero-order chi connectivity index (χ0) is 12.8. The van der Waals surface area contributed by atoms with E-state index in [0.29, 0.717) is 6.42 Å². The maximum atomic E-state index is 12.0. The molecule has 0 bridgehead atoms. The van der Waals surface area contributed by atoms with Gasteiger partial charge in [-0.1, -0.05) is 5.57 Å². The molecule has 1 aliphatic heterocycles. The molecule has 0 aromatic heterocycles. The third kappa shape index (κ3) is 2.09. The van der Waals surface area contributed by atoms with Crippen LogP contribution in [0.15, 0.2) is 11.0 Å². The molecule has 94 valence electrons. The Morgan fingerprint density at radius 1 is 1.06 bits per heavy atom. The molecule has 1 fully saturated rings. The van der Waals surface area contributed by atoms with Crippen LogP contribution in [-0.2, 0) is 14.1 Å². The van der Waals surface area contributed by atoms with Crippen molar-refractivity contribution in [2.45, 2.75) is 65.1 Å². The van der Waals surface area contributed by atoms with E-state index in [4.69, 9.17) is 9.31 Å². The van der Waals surface area contributed by atoms with Crippen molar-refractivity contribution in [3.63, 3.8) is 0 Å². The molecule has 0 aromatic rings. The van der Waals surface area contributed by atoms with Gasteiger partial charge in [-0.25, -0.2) is 0 Å². The highest BCUT2D eigenvalue weighted by molar-refractivity contribution is 6.62. The summed E-state index contributed by atoms with van der Waals surface area (Å²) in [7, 11) is -0.479. The summed E-state index contributed by atoms with van der Waals surface area (Å²) in [6.07, 6.45) is 2.55. The van der Waals surface area contributed by atoms with E-state index in [1.165, 1.54) is 0 Å². The smallest absolute Gasteiger partial charge is 0.399 e. The van der Waals surface area contributed by atoms with Gasteiger partial charge in [-0.05, 0) is 47.5 Å². The van der Waals surface area contributed by atoms with E-state index in [9.17, 15) is 4.79 Å². The number of carbonyl (C=O) groups is 1. The van der Waals surface area contributed by atoms with Crippen molar-refractivity contribution < 1.29 is 14.1 Å². The molecule has 0 spiro atoms. The number of hydrogen-bond acceptors (Lipinski definition) is 3. The minimum atomic E-state index is -0.479. The molecule has 0 atom stereocenters. The molecular weight excluding hydrogens is 215 g/mol. The van der Waals surface area contributed by atoms with E-state index in [2.05, 4.69) is 0 Å². The van der Waals surface area contributed by atoms with Crippen LogP contribution in [0.4, 0.5) is 0 Å². The Hall–Kier alpha value is -0.605. The quantitative estimate of drug-likeness (QED) is 0.656. The van der Waals surface area contributed by atoms with E-state index in [-0.39, 0.29) is 17.0 Å². The summed E-state index contributed by atoms with van der Waals surface area (Å²) in [5.74, 6) is 0.187. The van der Waals surface area contributed by atoms with Gasteiger partial charge < -0.3 is 9.31 Å². The molecule has 1 heterocycles. The number of ketones is 1. The summed E-state index contributed by atoms with van der Waals surface area (Å²) >= 11 is 0. The SMILES string of the molecule is CC1=C(B2OC(C)(C)C(C)(C)O2)C(=O)CCC1. The second kappa shape index (κ2) is 3.96. The summed E-state index contributed by atoms with van der Waals surface area (Å²) in [5, 5.41) is 0. The molecule has 17 heavy (non-hydrogen) atoms. The highest BCUT2D eigenvalue weighted by Crippen LogP contribution is 2.40. The zero-order valence-electron chi connectivity index (χ0n) is 11.4. The maximum absolute atomic E-state index is 12.0. The molecular formula is C13H21BO3. The first-order valence-electron chi connectivity index (χ1n) is 6.33. The number of carbonyl (C=O) groups excluding carboxylic acids is 1. The Kier molecular flexibility index (Phi) is 2.99. The molecule has 2 aliphatic rings. The zero-order valence-corrected chi connectivity index (χ0v) is 11.4. The van der Waals surface area contributed by atoms with Crippen LogP contribution in [0, 0.1) is 0 Å². The van der Waals surface area contributed by atoms with E-state index in [1.54, 1.807) is 0 Å². The Bertz CT molecular complexity index is 366. The Balaban J connectivity index is 2.29. The van der Waals surface area contributed by atoms with Gasteiger partial charge in [0.15, 0.2) is 5.78 Å². The summed E-state index contributed by atoms with van der Waals surface area (Å²) in [6, 6.07) is 0. The standard InChI is InChI=1S/C13H21BO3/c1-9-7-6-8-10(15)11(9)14-16-12(2,3)13(4,5)17-14/h6-8H2,1-5H3. The molecule has 0 radical (unpaired) electrons. The molecule has 1 aliphatic carbocycles. The van der Waals surface area contributed by atoms with Crippen molar-refractivity contribution in [3.05, 3.63) is 11.0 Å². The average molecular weight is 236 g/mol. The average Bonchev–Trinajstić information content (AvgIpc) is 2.35. The van der Waals surface area contributed by atoms with Gasteiger partial charge in [0.2, 0.25) is 0 Å². The summed E-state index contributed by atoms with van der Waals surface area (Å²) < 4.78 is 11.9. The summed E-state index contributed by atoms with van der Waals surface area (Å²) in [4.78, 5) is 12.0. The van der Waals surface area contributed by atoms with Crippen LogP contribution in [0.25, 0.3) is 0 Å². The molecule has 0 aromatic carbocycles. The number of allylic oxidation sites excluding steroid dienone is 2. The summed E-state index contributed by atoms with van der Waals surface area (Å²) in [6.45, 7) is 10.1. The van der Waals surface area contributed by atoms with Gasteiger partial charge in [0.05, 0.1) is 11.2 Å². The molecule has 4 heteroatoms. The minimum absolute atomic E-state index is 0.187. The van der Waals surface area contributed by atoms with Gasteiger partial charge in [0.25, 0.3) is 0 Å². The molecule has 0 amide bonds. The van der Waals surface area contributed by atoms with Crippen molar-refractivity contribution in [2.24, 2.45) is 0 Å². The lowest BCUT2D eigenvalue weighted by Crippen LogP contribution is -2.41. The topological polar surface area (TPSA) is 35.5 Å². The largest absolute Gasteiger partial charge is 0.498 e. The van der Waals surface area contributed by atoms with E-state index in [1.807, 2.05) is 34.6 Å². The van der Waals surface area contributed by atoms with Crippen molar-refractivity contribution in [2.75, 3.05) is 0 Å². The molecule has 0 unspecified atom stereocenters. The van der Waals surface area contributed by atoms with Crippen LogP contribution >= 0.6 is 0 Å². The van der Waals surface area contributed by atoms with Crippen molar-refractivity contribution in [3.8, 4) is 0 Å². The van der Waals surface area contributed by atoms with Gasteiger partial charge in [-0.15, -0.1) is 0 Å². The van der Waals surface area contributed by atoms with Crippen LogP contribution in [0.3, 0.4) is 0 Å². The summed E-state index contributed by atoms with van der Waals surface area (Å²) in [5.41, 5.74) is 1.14. The molecule has 0 saturated carbocycles. The van der Waals surface area contributed by atoms with Crippen LogP contribution in [-0.4, -0.2) is 24.1 Å². The number of Topliss-reactive ketones (excluding diaryl/α,β-unsaturated/α-hetero) is 1. The monoisotopic (exact) mass is 236 g/mol. The molecule has 0 N–H and O–H groups in total. The highest BCUT2D eigenvalue weighted by atomic mass is 16.7. The Labute approximate surface area is 104 Å². The molecule has 3 nitrogen and oxygen atoms in total. The van der Waals surface area contributed by atoms with E-state index < -0.39 is 7.12 Å². The number of rotatable bonds is 1. The van der Waals surface area contributed by atoms with Gasteiger partial charge in [0, 0.05) is 11.9 Å². The fraction of sp³-hybridized carbons (Fsp3) is 0.769. The van der Waals surface area contributed by atoms with Crippen LogP contribution in [0.5, 0.6) is 0 Å². The molecule has 2 rings (SSSR count). The Morgan fingerprint density at radius 2 is 1.59 bits per heavy atom. The highest BCUT2D eigenvalue weighted by Gasteiger charge is 2.53. The normalized spacial score (nSPS) is 27.8. The lowest BCUT2D eigenvalue weighted by atomic mass is 9.69. The van der Waals surface area contributed by atoms with Crippen molar-refractivity contribution in [1.29, 1.82) is 0 Å². The lowest BCUT2D eigenvalue weighted by molar-refractivity contribution is -0.115. The fourth-order valence-electron chi connectivity index (χ4n) is 2.31. The van der Waals surface area contributed by atoms with Crippen molar-refractivity contribution >= 4 is 12.9 Å². The van der Waals surface area contributed by atoms with Crippen LogP contribution in [0.2, 0.25) is 0 Å². The third-order valence-corrected chi connectivity index (χ3v) is 4.20. The predicted octanol–water partition coefficient (Wildman–Crippen LogP) is 2.69. The predicted molar refractivity (Wildman–Crippen MR) is 67.6 cm³/mol. The van der Waals surface area contributed by atoms with Gasteiger partial charge in [-0.3, -0.25) is 4.79 Å². The van der Waals surface area contributed by atoms with Gasteiger partial charge >= 0.3 is 7.12 Å². The lowest BCUT2D eigenvalue weighted by Gasteiger charge is -2.32. The number of hydrogen-bond donors (Lipinski definition) is 0. The third-order valence-electron chi connectivity index (χ3n) is 4.20. The second-order valence-electron chi connectivity index (χ2n) is 6.06. The molecule has 1 saturated heterocycles. The fourth-order valence-corrected chi connectivity index (χ4v) is 2.31. The van der Waals surface area contributed by atoms with Crippen molar-refractivity contribution in [1.82, 2.24) is 0 Å². The second-order valence-corrected chi connectivity index (χ2v) is 6.06. The van der Waals surface area contributed by atoms with Gasteiger partial charge in [0.1, 0.15) is 0 Å². The van der Waals surface area contributed by atoms with E-state index >= 15 is 0 Å². The first kappa shape index (κ1) is 12.8. The van der Waals surface area contributed by atoms with Crippen LogP contribution < -0.4 is 0 Å². The minimum Gasteiger partial charge on any atom is -0.399 e. The first-order valence-corrected chi connectivity index (χ1v) is 6.33. The first-order chi connectivity index (χ1) is 7.74.